The first-order valence-electron chi connectivity index (χ1n) is 7.89. The van der Waals surface area contributed by atoms with E-state index in [0.29, 0.717) is 36.3 Å². The Morgan fingerprint density at radius 3 is 2.72 bits per heavy atom. The van der Waals surface area contributed by atoms with Crippen LogP contribution in [0.5, 0.6) is 5.75 Å². The molecule has 0 aromatic heterocycles. The number of carbonyl (C=O) groups is 1. The van der Waals surface area contributed by atoms with Crippen molar-refractivity contribution in [2.45, 2.75) is 44.4 Å². The van der Waals surface area contributed by atoms with Gasteiger partial charge in [-0.3, -0.25) is 9.32 Å². The van der Waals surface area contributed by atoms with Gasteiger partial charge < -0.3 is 19.4 Å². The van der Waals surface area contributed by atoms with Gasteiger partial charge in [0.25, 0.3) is 0 Å². The number of fused-ring (bicyclic) bond motifs is 1. The summed E-state index contributed by atoms with van der Waals surface area (Å²) < 4.78 is 22.5. The van der Waals surface area contributed by atoms with Gasteiger partial charge in [-0.05, 0) is 38.5 Å². The van der Waals surface area contributed by atoms with Crippen LogP contribution in [0.1, 0.15) is 43.9 Å². The van der Waals surface area contributed by atoms with Gasteiger partial charge in [-0.1, -0.05) is 0 Å². The number of nitriles is 1. The summed E-state index contributed by atoms with van der Waals surface area (Å²) in [4.78, 5) is 32.6. The van der Waals surface area contributed by atoms with Crippen molar-refractivity contribution in [3.05, 3.63) is 29.3 Å². The molecule has 0 saturated carbocycles. The average Bonchev–Trinajstić information content (AvgIpc) is 2.92. The molecule has 2 aliphatic rings. The largest absolute Gasteiger partial charge is 0.485 e. The molecule has 0 radical (unpaired) electrons. The molecule has 0 bridgehead atoms. The van der Waals surface area contributed by atoms with Gasteiger partial charge in [0.05, 0.1) is 17.7 Å². The van der Waals surface area contributed by atoms with Crippen LogP contribution in [0.3, 0.4) is 0 Å². The van der Waals surface area contributed by atoms with Crippen molar-refractivity contribution in [3.8, 4) is 11.8 Å². The van der Waals surface area contributed by atoms with Gasteiger partial charge in [0, 0.05) is 18.5 Å². The van der Waals surface area contributed by atoms with E-state index in [1.165, 1.54) is 0 Å². The summed E-state index contributed by atoms with van der Waals surface area (Å²) in [6.07, 6.45) is -0.0583. The molecule has 2 aliphatic heterocycles. The van der Waals surface area contributed by atoms with Gasteiger partial charge in [-0.25, -0.2) is 4.57 Å². The molecule has 3 rings (SSSR count). The average molecular weight is 366 g/mol. The Balaban J connectivity index is 2.16. The van der Waals surface area contributed by atoms with Crippen molar-refractivity contribution in [2.24, 2.45) is 0 Å². The third-order valence-corrected chi connectivity index (χ3v) is 5.00. The molecule has 2 atom stereocenters. The van der Waals surface area contributed by atoms with Crippen LogP contribution < -0.4 is 4.74 Å². The number of hydrogen-bond donors (Lipinski definition) is 2. The Hall–Kier alpha value is -1.91. The molecule has 1 amide bonds. The van der Waals surface area contributed by atoms with Crippen molar-refractivity contribution >= 4 is 13.7 Å². The Labute approximate surface area is 145 Å². The molecule has 2 N–H and O–H groups in total. The molecular weight excluding hydrogens is 347 g/mol. The summed E-state index contributed by atoms with van der Waals surface area (Å²) in [5, 5.41) is 9.17. The van der Waals surface area contributed by atoms with E-state index in [4.69, 9.17) is 9.26 Å². The lowest BCUT2D eigenvalue weighted by atomic mass is 9.85. The van der Waals surface area contributed by atoms with Crippen LogP contribution in [0.25, 0.3) is 0 Å². The van der Waals surface area contributed by atoms with Crippen LogP contribution in [0, 0.1) is 11.3 Å². The van der Waals surface area contributed by atoms with Crippen molar-refractivity contribution < 1.29 is 28.4 Å². The molecule has 8 nitrogen and oxygen atoms in total. The minimum Gasteiger partial charge on any atom is -0.485 e. The number of likely N-dealkylation sites (tertiary alicyclic amines) is 1. The molecule has 1 fully saturated rings. The first-order valence-corrected chi connectivity index (χ1v) is 9.42. The van der Waals surface area contributed by atoms with Crippen molar-refractivity contribution in [2.75, 3.05) is 6.54 Å². The summed E-state index contributed by atoms with van der Waals surface area (Å²) in [7, 11) is -4.83. The van der Waals surface area contributed by atoms with Crippen LogP contribution in [-0.4, -0.2) is 38.8 Å². The van der Waals surface area contributed by atoms with Crippen LogP contribution in [0.4, 0.5) is 0 Å². The standard InChI is InChI=1S/C16H19N2O6P/c1-16(2)15(24-25(20,21)22)14(18-7-3-4-13(18)19)11-8-10(9-17)5-6-12(11)23-16/h5-6,8,14-15H,3-4,7H2,1-2H3,(H2,20,21,22)/t14-,15+/m0/s1. The van der Waals surface area contributed by atoms with E-state index in [1.807, 2.05) is 6.07 Å². The number of hydrogen-bond acceptors (Lipinski definition) is 5. The van der Waals surface area contributed by atoms with Gasteiger partial charge >= 0.3 is 7.82 Å². The topological polar surface area (TPSA) is 120 Å². The molecule has 0 aliphatic carbocycles. The van der Waals surface area contributed by atoms with Crippen LogP contribution in [0.2, 0.25) is 0 Å². The number of benzene rings is 1. The number of nitrogens with zero attached hydrogens (tertiary/aromatic N) is 2. The van der Waals surface area contributed by atoms with E-state index in [-0.39, 0.29) is 5.91 Å². The van der Waals surface area contributed by atoms with E-state index in [2.05, 4.69) is 0 Å². The number of phosphoric ester groups is 1. The predicted octanol–water partition coefficient (Wildman–Crippen LogP) is 1.87. The normalized spacial score (nSPS) is 25.2. The molecule has 1 aromatic carbocycles. The predicted molar refractivity (Wildman–Crippen MR) is 86.5 cm³/mol. The summed E-state index contributed by atoms with van der Waals surface area (Å²) in [6, 6.07) is 6.10. The maximum absolute atomic E-state index is 12.3. The highest BCUT2D eigenvalue weighted by Gasteiger charge is 2.51. The Morgan fingerprint density at radius 2 is 2.16 bits per heavy atom. The monoisotopic (exact) mass is 366 g/mol. The van der Waals surface area contributed by atoms with Crippen LogP contribution in [-0.2, 0) is 13.9 Å². The van der Waals surface area contributed by atoms with E-state index >= 15 is 0 Å². The number of carbonyl (C=O) groups excluding carboxylic acids is 1. The highest BCUT2D eigenvalue weighted by atomic mass is 31.2. The second-order valence-corrected chi connectivity index (χ2v) is 7.91. The van der Waals surface area contributed by atoms with Gasteiger partial charge in [-0.15, -0.1) is 0 Å². The molecule has 134 valence electrons. The summed E-state index contributed by atoms with van der Waals surface area (Å²) in [5.41, 5.74) is -0.198. The van der Waals surface area contributed by atoms with E-state index < -0.39 is 25.6 Å². The van der Waals surface area contributed by atoms with Crippen LogP contribution in [0.15, 0.2) is 18.2 Å². The first-order chi connectivity index (χ1) is 11.6. The quantitative estimate of drug-likeness (QED) is 0.784. The lowest BCUT2D eigenvalue weighted by Gasteiger charge is -2.47. The Bertz CT molecular complexity index is 796. The smallest absolute Gasteiger partial charge is 0.470 e. The lowest BCUT2D eigenvalue weighted by molar-refractivity contribution is -0.138. The SMILES string of the molecule is CC1(C)Oc2ccc(C#N)cc2[C@H](N2CCCC2=O)[C@H]1OP(=O)(O)O. The summed E-state index contributed by atoms with van der Waals surface area (Å²) in [6.45, 7) is 3.76. The second-order valence-electron chi connectivity index (χ2n) is 6.72. The second kappa shape index (κ2) is 6.11. The molecule has 0 unspecified atom stereocenters. The molecule has 25 heavy (non-hydrogen) atoms. The Kier molecular flexibility index (Phi) is 4.38. The maximum Gasteiger partial charge on any atom is 0.470 e. The van der Waals surface area contributed by atoms with E-state index in [9.17, 15) is 24.4 Å². The van der Waals surface area contributed by atoms with Gasteiger partial charge in [0.1, 0.15) is 17.5 Å². The molecular formula is C16H19N2O6P. The lowest BCUT2D eigenvalue weighted by Crippen LogP contribution is -2.54. The third kappa shape index (κ3) is 3.42. The molecule has 2 heterocycles. The zero-order valence-electron chi connectivity index (χ0n) is 13.9. The highest BCUT2D eigenvalue weighted by Crippen LogP contribution is 2.51. The van der Waals surface area contributed by atoms with Gasteiger partial charge in [-0.2, -0.15) is 5.26 Å². The fourth-order valence-corrected chi connectivity index (χ4v) is 4.12. The minimum atomic E-state index is -4.83. The zero-order valence-corrected chi connectivity index (χ0v) is 14.8. The van der Waals surface area contributed by atoms with E-state index in [1.54, 1.807) is 36.9 Å². The van der Waals surface area contributed by atoms with E-state index in [0.717, 1.165) is 0 Å². The number of ether oxygens (including phenoxy) is 1. The van der Waals surface area contributed by atoms with Gasteiger partial charge in [0.15, 0.2) is 0 Å². The van der Waals surface area contributed by atoms with Crippen molar-refractivity contribution in [1.82, 2.24) is 4.90 Å². The number of rotatable bonds is 3. The molecule has 0 spiro atoms. The Morgan fingerprint density at radius 1 is 1.44 bits per heavy atom. The number of amides is 1. The first kappa shape index (κ1) is 17.9. The summed E-state index contributed by atoms with van der Waals surface area (Å²) in [5.74, 6) is 0.356. The number of phosphoric acid groups is 1. The van der Waals surface area contributed by atoms with Gasteiger partial charge in [0.2, 0.25) is 5.91 Å². The molecule has 1 aromatic rings. The maximum atomic E-state index is 12.3. The minimum absolute atomic E-state index is 0.115. The summed E-state index contributed by atoms with van der Waals surface area (Å²) >= 11 is 0. The fourth-order valence-electron chi connectivity index (χ4n) is 3.45. The fraction of sp³-hybridized carbons (Fsp3) is 0.500. The van der Waals surface area contributed by atoms with Crippen LogP contribution >= 0.6 is 7.82 Å². The van der Waals surface area contributed by atoms with Crippen molar-refractivity contribution in [3.63, 3.8) is 0 Å². The molecule has 1 saturated heterocycles. The highest BCUT2D eigenvalue weighted by molar-refractivity contribution is 7.46. The third-order valence-electron chi connectivity index (χ3n) is 4.50. The molecule has 9 heteroatoms. The zero-order chi connectivity index (χ0) is 18.4. The van der Waals surface area contributed by atoms with Crippen molar-refractivity contribution in [1.29, 1.82) is 5.26 Å².